The van der Waals surface area contributed by atoms with Crippen LogP contribution in [0.15, 0.2) is 0 Å². The Morgan fingerprint density at radius 1 is 1.27 bits per heavy atom. The highest BCUT2D eigenvalue weighted by Crippen LogP contribution is 2.36. The van der Waals surface area contributed by atoms with Gasteiger partial charge in [0.25, 0.3) is 0 Å². The molecule has 11 heavy (non-hydrogen) atoms. The van der Waals surface area contributed by atoms with Crippen molar-refractivity contribution in [1.29, 1.82) is 0 Å². The van der Waals surface area contributed by atoms with E-state index in [1.54, 1.807) is 0 Å². The lowest BCUT2D eigenvalue weighted by Crippen LogP contribution is -2.36. The predicted octanol–water partition coefficient (Wildman–Crippen LogP) is 2.52. The smallest absolute Gasteiger partial charge is 0.00942 e. The second-order valence-corrected chi connectivity index (χ2v) is 4.88. The van der Waals surface area contributed by atoms with Crippen LogP contribution in [0, 0.1) is 5.41 Å². The quantitative estimate of drug-likeness (QED) is 0.562. The SMILES string of the molecule is CN(C)C1CCCC(C)(C)C1. The van der Waals surface area contributed by atoms with Crippen molar-refractivity contribution in [1.82, 2.24) is 4.90 Å². The van der Waals surface area contributed by atoms with Gasteiger partial charge in [-0.1, -0.05) is 20.3 Å². The van der Waals surface area contributed by atoms with E-state index in [1.807, 2.05) is 0 Å². The molecule has 0 aliphatic heterocycles. The summed E-state index contributed by atoms with van der Waals surface area (Å²) in [6.07, 6.45) is 5.60. The molecule has 0 aromatic heterocycles. The molecule has 0 radical (unpaired) electrons. The zero-order valence-corrected chi connectivity index (χ0v) is 8.35. The predicted molar refractivity (Wildman–Crippen MR) is 49.7 cm³/mol. The van der Waals surface area contributed by atoms with E-state index in [2.05, 4.69) is 32.8 Å². The molecule has 0 N–H and O–H groups in total. The number of nitrogens with zero attached hydrogens (tertiary/aromatic N) is 1. The van der Waals surface area contributed by atoms with Gasteiger partial charge in [-0.05, 0) is 38.8 Å². The maximum absolute atomic E-state index is 2.39. The third kappa shape index (κ3) is 2.48. The van der Waals surface area contributed by atoms with Gasteiger partial charge in [-0.2, -0.15) is 0 Å². The topological polar surface area (TPSA) is 3.24 Å². The lowest BCUT2D eigenvalue weighted by Gasteiger charge is -2.38. The standard InChI is InChI=1S/C10H21N/c1-10(2)7-5-6-9(8-10)11(3)4/h9H,5-8H2,1-4H3. The zero-order chi connectivity index (χ0) is 8.48. The highest BCUT2D eigenvalue weighted by molar-refractivity contribution is 4.82. The molecule has 1 nitrogen and oxygen atoms in total. The fourth-order valence-electron chi connectivity index (χ4n) is 2.10. The Hall–Kier alpha value is -0.0400. The largest absolute Gasteiger partial charge is 0.306 e. The van der Waals surface area contributed by atoms with Gasteiger partial charge in [0, 0.05) is 6.04 Å². The van der Waals surface area contributed by atoms with Crippen LogP contribution in [-0.4, -0.2) is 25.0 Å². The molecule has 66 valence electrons. The Bertz CT molecular complexity index is 127. The molecule has 0 spiro atoms. The van der Waals surface area contributed by atoms with Crippen LogP contribution in [0.2, 0.25) is 0 Å². The fourth-order valence-corrected chi connectivity index (χ4v) is 2.10. The molecule has 0 bridgehead atoms. The van der Waals surface area contributed by atoms with Crippen molar-refractivity contribution in [3.05, 3.63) is 0 Å². The van der Waals surface area contributed by atoms with E-state index in [9.17, 15) is 0 Å². The van der Waals surface area contributed by atoms with Gasteiger partial charge in [-0.15, -0.1) is 0 Å². The number of rotatable bonds is 1. The maximum Gasteiger partial charge on any atom is 0.00942 e. The molecule has 1 aliphatic carbocycles. The van der Waals surface area contributed by atoms with Crippen LogP contribution in [-0.2, 0) is 0 Å². The Kier molecular flexibility index (Phi) is 2.58. The van der Waals surface area contributed by atoms with Gasteiger partial charge in [0.2, 0.25) is 0 Å². The van der Waals surface area contributed by atoms with E-state index in [1.165, 1.54) is 25.7 Å². The minimum Gasteiger partial charge on any atom is -0.306 e. The first kappa shape index (κ1) is 9.05. The summed E-state index contributed by atoms with van der Waals surface area (Å²) < 4.78 is 0. The lowest BCUT2D eigenvalue weighted by molar-refractivity contribution is 0.133. The van der Waals surface area contributed by atoms with Gasteiger partial charge in [-0.25, -0.2) is 0 Å². The van der Waals surface area contributed by atoms with Gasteiger partial charge in [0.15, 0.2) is 0 Å². The van der Waals surface area contributed by atoms with Crippen molar-refractivity contribution in [2.24, 2.45) is 5.41 Å². The van der Waals surface area contributed by atoms with Gasteiger partial charge in [-0.3, -0.25) is 0 Å². The second kappa shape index (κ2) is 3.14. The Balaban J connectivity index is 2.46. The molecule has 0 saturated heterocycles. The molecule has 0 amide bonds. The molecule has 0 aromatic rings. The Morgan fingerprint density at radius 3 is 2.27 bits per heavy atom. The van der Waals surface area contributed by atoms with Gasteiger partial charge < -0.3 is 4.90 Å². The molecule has 0 heterocycles. The molecular weight excluding hydrogens is 134 g/mol. The monoisotopic (exact) mass is 155 g/mol. The van der Waals surface area contributed by atoms with E-state index in [0.29, 0.717) is 5.41 Å². The molecule has 0 aromatic carbocycles. The minimum atomic E-state index is 0.590. The highest BCUT2D eigenvalue weighted by atomic mass is 15.1. The van der Waals surface area contributed by atoms with Gasteiger partial charge >= 0.3 is 0 Å². The number of hydrogen-bond acceptors (Lipinski definition) is 1. The summed E-state index contributed by atoms with van der Waals surface area (Å²) in [6.45, 7) is 4.78. The lowest BCUT2D eigenvalue weighted by atomic mass is 9.75. The van der Waals surface area contributed by atoms with E-state index in [0.717, 1.165) is 6.04 Å². The molecule has 1 fully saturated rings. The highest BCUT2D eigenvalue weighted by Gasteiger charge is 2.28. The minimum absolute atomic E-state index is 0.590. The Labute approximate surface area is 70.8 Å². The normalized spacial score (nSPS) is 30.8. The second-order valence-electron chi connectivity index (χ2n) is 4.88. The fraction of sp³-hybridized carbons (Fsp3) is 1.00. The molecular formula is C10H21N. The molecule has 1 aliphatic rings. The average molecular weight is 155 g/mol. The molecule has 1 heteroatoms. The summed E-state index contributed by atoms with van der Waals surface area (Å²) in [5, 5.41) is 0. The van der Waals surface area contributed by atoms with Crippen LogP contribution in [0.5, 0.6) is 0 Å². The van der Waals surface area contributed by atoms with Gasteiger partial charge in [0.05, 0.1) is 0 Å². The maximum atomic E-state index is 2.39. The molecule has 1 atom stereocenters. The summed E-state index contributed by atoms with van der Waals surface area (Å²) in [4.78, 5) is 2.38. The summed E-state index contributed by atoms with van der Waals surface area (Å²) >= 11 is 0. The van der Waals surface area contributed by atoms with Crippen LogP contribution in [0.4, 0.5) is 0 Å². The zero-order valence-electron chi connectivity index (χ0n) is 8.35. The summed E-state index contributed by atoms with van der Waals surface area (Å²) in [6, 6.07) is 0.832. The molecule has 1 unspecified atom stereocenters. The first-order chi connectivity index (χ1) is 5.01. The van der Waals surface area contributed by atoms with Crippen molar-refractivity contribution in [3.63, 3.8) is 0 Å². The van der Waals surface area contributed by atoms with Crippen LogP contribution in [0.25, 0.3) is 0 Å². The van der Waals surface area contributed by atoms with Gasteiger partial charge in [0.1, 0.15) is 0 Å². The molecule has 1 rings (SSSR count). The van der Waals surface area contributed by atoms with E-state index >= 15 is 0 Å². The van der Waals surface area contributed by atoms with E-state index < -0.39 is 0 Å². The number of hydrogen-bond donors (Lipinski definition) is 0. The first-order valence-electron chi connectivity index (χ1n) is 4.68. The summed E-state index contributed by atoms with van der Waals surface area (Å²) in [7, 11) is 4.40. The van der Waals surface area contributed by atoms with Crippen LogP contribution in [0.3, 0.4) is 0 Å². The van der Waals surface area contributed by atoms with Crippen molar-refractivity contribution < 1.29 is 0 Å². The summed E-state index contributed by atoms with van der Waals surface area (Å²) in [5.41, 5.74) is 0.590. The van der Waals surface area contributed by atoms with E-state index in [4.69, 9.17) is 0 Å². The average Bonchev–Trinajstić information content (AvgIpc) is 1.85. The Morgan fingerprint density at radius 2 is 1.91 bits per heavy atom. The van der Waals surface area contributed by atoms with Crippen molar-refractivity contribution in [2.75, 3.05) is 14.1 Å². The van der Waals surface area contributed by atoms with Crippen molar-refractivity contribution >= 4 is 0 Å². The van der Waals surface area contributed by atoms with Crippen LogP contribution < -0.4 is 0 Å². The third-order valence-electron chi connectivity index (χ3n) is 2.91. The third-order valence-corrected chi connectivity index (χ3v) is 2.91. The first-order valence-corrected chi connectivity index (χ1v) is 4.68. The van der Waals surface area contributed by atoms with E-state index in [-0.39, 0.29) is 0 Å². The van der Waals surface area contributed by atoms with Crippen LogP contribution in [0.1, 0.15) is 39.5 Å². The van der Waals surface area contributed by atoms with Crippen molar-refractivity contribution in [2.45, 2.75) is 45.6 Å². The molecule has 1 saturated carbocycles. The summed E-state index contributed by atoms with van der Waals surface area (Å²) in [5.74, 6) is 0. The van der Waals surface area contributed by atoms with Crippen molar-refractivity contribution in [3.8, 4) is 0 Å². The van der Waals surface area contributed by atoms with Crippen LogP contribution >= 0.6 is 0 Å².